The average Bonchev–Trinajstić information content (AvgIpc) is 2.96. The van der Waals surface area contributed by atoms with Gasteiger partial charge < -0.3 is 5.32 Å². The van der Waals surface area contributed by atoms with Crippen molar-refractivity contribution in [2.75, 3.05) is 11.9 Å². The highest BCUT2D eigenvalue weighted by molar-refractivity contribution is 5.74. The first-order chi connectivity index (χ1) is 14.7. The molecular formula is C27H27N3. The first-order valence-electron chi connectivity index (χ1n) is 10.8. The van der Waals surface area contributed by atoms with E-state index in [1.54, 1.807) is 0 Å². The Balaban J connectivity index is 1.62. The lowest BCUT2D eigenvalue weighted by Gasteiger charge is -2.12. The van der Waals surface area contributed by atoms with E-state index in [4.69, 9.17) is 5.10 Å². The van der Waals surface area contributed by atoms with Crippen molar-refractivity contribution in [2.24, 2.45) is 0 Å². The lowest BCUT2D eigenvalue weighted by molar-refractivity contribution is 0.779. The van der Waals surface area contributed by atoms with Crippen LogP contribution in [-0.4, -0.2) is 16.3 Å². The van der Waals surface area contributed by atoms with E-state index in [1.165, 1.54) is 46.2 Å². The Bertz CT molecular complexity index is 1170. The summed E-state index contributed by atoms with van der Waals surface area (Å²) >= 11 is 0. The van der Waals surface area contributed by atoms with Gasteiger partial charge in [0, 0.05) is 17.7 Å². The normalized spacial score (nSPS) is 13.4. The second-order valence-electron chi connectivity index (χ2n) is 8.20. The Morgan fingerprint density at radius 3 is 2.33 bits per heavy atom. The number of aryl methyl sites for hydroxylation is 2. The van der Waals surface area contributed by atoms with E-state index < -0.39 is 0 Å². The smallest absolute Gasteiger partial charge is 0.133 e. The minimum atomic E-state index is 0.996. The van der Waals surface area contributed by atoms with Crippen LogP contribution in [0.25, 0.3) is 28.1 Å². The van der Waals surface area contributed by atoms with Gasteiger partial charge in [0.25, 0.3) is 0 Å². The highest BCUT2D eigenvalue weighted by Crippen LogP contribution is 2.35. The fourth-order valence-electron chi connectivity index (χ4n) is 4.31. The number of rotatable bonds is 3. The predicted molar refractivity (Wildman–Crippen MR) is 125 cm³/mol. The number of aromatic nitrogens is 2. The topological polar surface area (TPSA) is 29.9 Å². The van der Waals surface area contributed by atoms with Gasteiger partial charge >= 0.3 is 0 Å². The predicted octanol–water partition coefficient (Wildman–Crippen LogP) is 6.57. The lowest BCUT2D eigenvalue weighted by Crippen LogP contribution is -2.08. The summed E-state index contributed by atoms with van der Waals surface area (Å²) in [4.78, 5) is 0. The van der Waals surface area contributed by atoms with Gasteiger partial charge in [-0.15, -0.1) is 0 Å². The zero-order chi connectivity index (χ0) is 20.5. The standard InChI is InChI=1S/C27H27N3/c1-19-11-12-20(2)25(18-19)30-27-24(10-6-7-17-28-27)26(29-30)23-15-13-22(14-16-23)21-8-4-3-5-9-21/h3-5,8-9,11-16,18,28H,6-7,10,17H2,1-2H3. The number of benzene rings is 3. The Morgan fingerprint density at radius 1 is 0.800 bits per heavy atom. The van der Waals surface area contributed by atoms with Crippen molar-refractivity contribution < 1.29 is 0 Å². The van der Waals surface area contributed by atoms with Crippen LogP contribution in [0.5, 0.6) is 0 Å². The molecule has 1 aromatic heterocycles. The third-order valence-corrected chi connectivity index (χ3v) is 5.99. The summed E-state index contributed by atoms with van der Waals surface area (Å²) in [5.41, 5.74) is 9.74. The first-order valence-corrected chi connectivity index (χ1v) is 10.8. The summed E-state index contributed by atoms with van der Waals surface area (Å²) < 4.78 is 2.13. The molecule has 0 unspecified atom stereocenters. The van der Waals surface area contributed by atoms with Crippen LogP contribution in [0.2, 0.25) is 0 Å². The summed E-state index contributed by atoms with van der Waals surface area (Å²) in [6.45, 7) is 5.30. The van der Waals surface area contributed by atoms with Crippen LogP contribution in [0.1, 0.15) is 29.5 Å². The maximum Gasteiger partial charge on any atom is 0.133 e. The molecule has 1 aliphatic rings. The van der Waals surface area contributed by atoms with Crippen molar-refractivity contribution in [3.8, 4) is 28.1 Å². The number of nitrogens with zero attached hydrogens (tertiary/aromatic N) is 2. The molecule has 1 N–H and O–H groups in total. The quantitative estimate of drug-likeness (QED) is 0.426. The van der Waals surface area contributed by atoms with E-state index >= 15 is 0 Å². The maximum atomic E-state index is 5.13. The molecule has 0 fully saturated rings. The van der Waals surface area contributed by atoms with Crippen molar-refractivity contribution in [1.29, 1.82) is 0 Å². The van der Waals surface area contributed by atoms with Crippen LogP contribution in [0.3, 0.4) is 0 Å². The number of fused-ring (bicyclic) bond motifs is 1. The van der Waals surface area contributed by atoms with Crippen LogP contribution < -0.4 is 5.32 Å². The molecule has 4 aromatic rings. The molecule has 2 heterocycles. The Morgan fingerprint density at radius 2 is 1.53 bits per heavy atom. The number of hydrogen-bond acceptors (Lipinski definition) is 2. The third kappa shape index (κ3) is 3.41. The van der Waals surface area contributed by atoms with Gasteiger partial charge in [-0.3, -0.25) is 0 Å². The van der Waals surface area contributed by atoms with Gasteiger partial charge in [0.2, 0.25) is 0 Å². The molecule has 3 nitrogen and oxygen atoms in total. The maximum absolute atomic E-state index is 5.13. The molecule has 3 aromatic carbocycles. The monoisotopic (exact) mass is 393 g/mol. The van der Waals surface area contributed by atoms with Crippen molar-refractivity contribution >= 4 is 5.82 Å². The van der Waals surface area contributed by atoms with Crippen LogP contribution in [0, 0.1) is 13.8 Å². The molecule has 0 aliphatic carbocycles. The summed E-state index contributed by atoms with van der Waals surface area (Å²) in [7, 11) is 0. The summed E-state index contributed by atoms with van der Waals surface area (Å²) in [6, 6.07) is 25.9. The molecule has 0 spiro atoms. The zero-order valence-corrected chi connectivity index (χ0v) is 17.7. The number of anilines is 1. The zero-order valence-electron chi connectivity index (χ0n) is 17.7. The fourth-order valence-corrected chi connectivity index (χ4v) is 4.31. The molecule has 1 aliphatic heterocycles. The van der Waals surface area contributed by atoms with E-state index in [1.807, 2.05) is 0 Å². The highest BCUT2D eigenvalue weighted by Gasteiger charge is 2.22. The van der Waals surface area contributed by atoms with Crippen LogP contribution >= 0.6 is 0 Å². The van der Waals surface area contributed by atoms with Gasteiger partial charge in [0.05, 0.1) is 11.4 Å². The SMILES string of the molecule is Cc1ccc(C)c(-n2nc(-c3ccc(-c4ccccc4)cc3)c3c2NCCCC3)c1. The Labute approximate surface area is 178 Å². The average molecular weight is 394 g/mol. The minimum Gasteiger partial charge on any atom is -0.370 e. The molecule has 5 rings (SSSR count). The summed E-state index contributed by atoms with van der Waals surface area (Å²) in [6.07, 6.45) is 3.43. The Kier molecular flexibility index (Phi) is 4.88. The number of nitrogens with one attached hydrogen (secondary N) is 1. The number of hydrogen-bond donors (Lipinski definition) is 1. The molecule has 0 radical (unpaired) electrons. The van der Waals surface area contributed by atoms with Crippen LogP contribution in [-0.2, 0) is 6.42 Å². The van der Waals surface area contributed by atoms with E-state index in [9.17, 15) is 0 Å². The van der Waals surface area contributed by atoms with E-state index in [-0.39, 0.29) is 0 Å². The van der Waals surface area contributed by atoms with Crippen molar-refractivity contribution in [3.63, 3.8) is 0 Å². The first kappa shape index (κ1) is 18.7. The molecule has 30 heavy (non-hydrogen) atoms. The molecule has 0 bridgehead atoms. The summed E-state index contributed by atoms with van der Waals surface area (Å²) in [5, 5.41) is 8.80. The molecular weight excluding hydrogens is 366 g/mol. The van der Waals surface area contributed by atoms with E-state index in [2.05, 4.69) is 96.6 Å². The molecule has 3 heteroatoms. The van der Waals surface area contributed by atoms with Gasteiger partial charge in [0.15, 0.2) is 0 Å². The van der Waals surface area contributed by atoms with Gasteiger partial charge in [-0.1, -0.05) is 66.7 Å². The van der Waals surface area contributed by atoms with E-state index in [0.717, 1.165) is 30.2 Å². The van der Waals surface area contributed by atoms with Gasteiger partial charge in [0.1, 0.15) is 5.82 Å². The van der Waals surface area contributed by atoms with Gasteiger partial charge in [-0.2, -0.15) is 5.10 Å². The molecule has 0 saturated heterocycles. The lowest BCUT2D eigenvalue weighted by atomic mass is 10.00. The second-order valence-corrected chi connectivity index (χ2v) is 8.20. The Hall–Kier alpha value is -3.33. The van der Waals surface area contributed by atoms with Crippen molar-refractivity contribution in [2.45, 2.75) is 33.1 Å². The third-order valence-electron chi connectivity index (χ3n) is 5.99. The summed E-state index contributed by atoms with van der Waals surface area (Å²) in [5.74, 6) is 1.16. The largest absolute Gasteiger partial charge is 0.370 e. The van der Waals surface area contributed by atoms with Crippen molar-refractivity contribution in [1.82, 2.24) is 9.78 Å². The minimum absolute atomic E-state index is 0.996. The van der Waals surface area contributed by atoms with Gasteiger partial charge in [-0.05, 0) is 61.4 Å². The molecule has 0 amide bonds. The molecule has 150 valence electrons. The van der Waals surface area contributed by atoms with Crippen molar-refractivity contribution in [3.05, 3.63) is 89.5 Å². The van der Waals surface area contributed by atoms with Crippen LogP contribution in [0.4, 0.5) is 5.82 Å². The van der Waals surface area contributed by atoms with Gasteiger partial charge in [-0.25, -0.2) is 4.68 Å². The second kappa shape index (κ2) is 7.83. The highest BCUT2D eigenvalue weighted by atomic mass is 15.3. The molecule has 0 atom stereocenters. The fraction of sp³-hybridized carbons (Fsp3) is 0.222. The van der Waals surface area contributed by atoms with E-state index in [0.29, 0.717) is 0 Å². The molecule has 0 saturated carbocycles. The van der Waals surface area contributed by atoms with Crippen LogP contribution in [0.15, 0.2) is 72.8 Å².